The number of halogens is 2. The van der Waals surface area contributed by atoms with Crippen molar-refractivity contribution in [3.63, 3.8) is 0 Å². The van der Waals surface area contributed by atoms with Gasteiger partial charge in [0.25, 0.3) is 20.2 Å². The standard InChI is InChI=1S/C21H26ClFN2O7S2/c1-30-19-10-9-17(22)12-15(19)14-24-20-8-5-11-25(32-34(3,28)29)21(20,31-33(2,26)27)16-6-4-7-18(23)13-16/h4,6-7,9-10,12-13,20,24H,5,8,11,14H2,1-3H3. The van der Waals surface area contributed by atoms with E-state index in [0.717, 1.165) is 23.6 Å². The molecule has 0 aromatic heterocycles. The van der Waals surface area contributed by atoms with Crippen LogP contribution in [0.2, 0.25) is 5.02 Å². The molecule has 1 aliphatic heterocycles. The summed E-state index contributed by atoms with van der Waals surface area (Å²) in [4.78, 5) is 0. The van der Waals surface area contributed by atoms with Crippen LogP contribution in [-0.4, -0.2) is 54.1 Å². The molecule has 1 saturated heterocycles. The van der Waals surface area contributed by atoms with Gasteiger partial charge in [-0.15, -0.1) is 5.06 Å². The van der Waals surface area contributed by atoms with Gasteiger partial charge in [0, 0.05) is 29.2 Å². The zero-order chi connectivity index (χ0) is 25.1. The Kier molecular flexibility index (Phi) is 8.23. The van der Waals surface area contributed by atoms with Crippen molar-refractivity contribution in [2.24, 2.45) is 0 Å². The lowest BCUT2D eigenvalue weighted by atomic mass is 9.87. The van der Waals surface area contributed by atoms with Gasteiger partial charge in [0.15, 0.2) is 0 Å². The van der Waals surface area contributed by atoms with Crippen molar-refractivity contribution in [1.82, 2.24) is 10.4 Å². The van der Waals surface area contributed by atoms with Crippen molar-refractivity contribution in [2.75, 3.05) is 26.2 Å². The van der Waals surface area contributed by atoms with Crippen molar-refractivity contribution >= 4 is 31.8 Å². The fourth-order valence-corrected chi connectivity index (χ4v) is 5.49. The van der Waals surface area contributed by atoms with Crippen LogP contribution >= 0.6 is 11.6 Å². The van der Waals surface area contributed by atoms with Gasteiger partial charge in [0.2, 0.25) is 5.72 Å². The summed E-state index contributed by atoms with van der Waals surface area (Å²) in [7, 11) is -6.78. The van der Waals surface area contributed by atoms with Crippen molar-refractivity contribution in [3.05, 3.63) is 64.4 Å². The maximum Gasteiger partial charge on any atom is 0.280 e. The van der Waals surface area contributed by atoms with Gasteiger partial charge in [-0.3, -0.25) is 0 Å². The third-order valence-corrected chi connectivity index (χ3v) is 6.46. The van der Waals surface area contributed by atoms with E-state index in [4.69, 9.17) is 24.8 Å². The van der Waals surface area contributed by atoms with Crippen molar-refractivity contribution in [3.8, 4) is 5.75 Å². The van der Waals surface area contributed by atoms with Gasteiger partial charge in [-0.2, -0.15) is 21.1 Å². The van der Waals surface area contributed by atoms with E-state index < -0.39 is 37.8 Å². The van der Waals surface area contributed by atoms with Crippen LogP contribution in [0, 0.1) is 5.82 Å². The Balaban J connectivity index is 2.13. The molecule has 0 bridgehead atoms. The van der Waals surface area contributed by atoms with Crippen LogP contribution in [0.1, 0.15) is 24.0 Å². The highest BCUT2D eigenvalue weighted by atomic mass is 35.5. The Hall–Kier alpha value is -1.80. The molecule has 2 unspecified atom stereocenters. The summed E-state index contributed by atoms with van der Waals surface area (Å²) in [6, 6.07) is 9.29. The number of hydrogen-bond acceptors (Lipinski definition) is 9. The number of hydroxylamine groups is 2. The molecule has 2 aromatic rings. The highest BCUT2D eigenvalue weighted by molar-refractivity contribution is 7.86. The van der Waals surface area contributed by atoms with Crippen LogP contribution in [0.3, 0.4) is 0 Å². The normalized spacial score (nSPS) is 22.0. The molecule has 1 fully saturated rings. The molecular weight excluding hydrogens is 511 g/mol. The number of ether oxygens (including phenoxy) is 1. The Bertz CT molecular complexity index is 1240. The lowest BCUT2D eigenvalue weighted by Crippen LogP contribution is -2.64. The van der Waals surface area contributed by atoms with Crippen LogP contribution in [0.25, 0.3) is 0 Å². The highest BCUT2D eigenvalue weighted by Gasteiger charge is 2.54. The second-order valence-electron chi connectivity index (χ2n) is 7.91. The predicted molar refractivity (Wildman–Crippen MR) is 125 cm³/mol. The molecule has 2 atom stereocenters. The summed E-state index contributed by atoms with van der Waals surface area (Å²) in [5.41, 5.74) is -1.29. The molecule has 9 nitrogen and oxygen atoms in total. The molecule has 0 saturated carbocycles. The van der Waals surface area contributed by atoms with Gasteiger partial charge >= 0.3 is 0 Å². The van der Waals surface area contributed by atoms with E-state index in [-0.39, 0.29) is 18.7 Å². The van der Waals surface area contributed by atoms with E-state index in [2.05, 4.69) is 5.32 Å². The predicted octanol–water partition coefficient (Wildman–Crippen LogP) is 2.76. The maximum atomic E-state index is 14.3. The second-order valence-corrected chi connectivity index (χ2v) is 11.5. The topological polar surface area (TPSA) is 111 Å². The van der Waals surface area contributed by atoms with E-state index in [9.17, 15) is 21.2 Å². The summed E-state index contributed by atoms with van der Waals surface area (Å²) in [6.07, 6.45) is 2.46. The van der Waals surface area contributed by atoms with E-state index in [1.807, 2.05) is 0 Å². The van der Waals surface area contributed by atoms with E-state index in [1.165, 1.54) is 25.3 Å². The first-order chi connectivity index (χ1) is 15.8. The second kappa shape index (κ2) is 10.4. The van der Waals surface area contributed by atoms with E-state index >= 15 is 0 Å². The molecule has 1 N–H and O–H groups in total. The summed E-state index contributed by atoms with van der Waals surface area (Å²) in [5, 5.41) is 4.62. The molecule has 0 amide bonds. The van der Waals surface area contributed by atoms with Gasteiger partial charge in [-0.05, 0) is 43.2 Å². The Morgan fingerprint density at radius 2 is 1.88 bits per heavy atom. The van der Waals surface area contributed by atoms with Crippen LogP contribution in [0.15, 0.2) is 42.5 Å². The number of piperidine rings is 1. The molecular formula is C21H26ClFN2O7S2. The van der Waals surface area contributed by atoms with Gasteiger partial charge in [0.05, 0.1) is 25.7 Å². The Labute approximate surface area is 204 Å². The van der Waals surface area contributed by atoms with Gasteiger partial charge in [-0.25, -0.2) is 8.57 Å². The van der Waals surface area contributed by atoms with Gasteiger partial charge < -0.3 is 10.1 Å². The Morgan fingerprint density at radius 3 is 2.50 bits per heavy atom. The summed E-state index contributed by atoms with van der Waals surface area (Å²) >= 11 is 6.12. The first kappa shape index (κ1) is 26.8. The number of methoxy groups -OCH3 is 1. The number of rotatable bonds is 9. The summed E-state index contributed by atoms with van der Waals surface area (Å²) < 4.78 is 79.4. The minimum atomic E-state index is -4.19. The number of nitrogens with zero attached hydrogens (tertiary/aromatic N) is 1. The van der Waals surface area contributed by atoms with Gasteiger partial charge in [0.1, 0.15) is 11.6 Å². The third-order valence-electron chi connectivity index (χ3n) is 5.22. The van der Waals surface area contributed by atoms with Crippen LogP contribution in [0.5, 0.6) is 5.75 Å². The first-order valence-corrected chi connectivity index (χ1v) is 14.2. The molecule has 2 aromatic carbocycles. The molecule has 3 rings (SSSR count). The third kappa shape index (κ3) is 6.45. The van der Waals surface area contributed by atoms with Crippen molar-refractivity contribution in [1.29, 1.82) is 0 Å². The molecule has 0 spiro atoms. The number of nitrogens with one attached hydrogen (secondary N) is 1. The van der Waals surface area contributed by atoms with Crippen molar-refractivity contribution in [2.45, 2.75) is 31.2 Å². The maximum absolute atomic E-state index is 14.3. The van der Waals surface area contributed by atoms with E-state index in [1.54, 1.807) is 18.2 Å². The van der Waals surface area contributed by atoms with Gasteiger partial charge in [-0.1, -0.05) is 23.7 Å². The average Bonchev–Trinajstić information content (AvgIpc) is 2.72. The number of hydrogen-bond donors (Lipinski definition) is 1. The minimum Gasteiger partial charge on any atom is -0.496 e. The fraction of sp³-hybridized carbons (Fsp3) is 0.429. The number of benzene rings is 2. The summed E-state index contributed by atoms with van der Waals surface area (Å²) in [5.74, 6) is -0.119. The zero-order valence-electron chi connectivity index (χ0n) is 18.8. The largest absolute Gasteiger partial charge is 0.496 e. The lowest BCUT2D eigenvalue weighted by molar-refractivity contribution is -0.259. The molecule has 13 heteroatoms. The van der Waals surface area contributed by atoms with Crippen LogP contribution in [0.4, 0.5) is 4.39 Å². The molecule has 1 aliphatic rings. The lowest BCUT2D eigenvalue weighted by Gasteiger charge is -2.49. The van der Waals surface area contributed by atoms with Crippen LogP contribution in [-0.2, 0) is 41.0 Å². The van der Waals surface area contributed by atoms with Crippen molar-refractivity contribution < 1.29 is 34.4 Å². The quantitative estimate of drug-likeness (QED) is 0.483. The average molecular weight is 537 g/mol. The minimum absolute atomic E-state index is 0.0117. The summed E-state index contributed by atoms with van der Waals surface area (Å²) in [6.45, 7) is 0.170. The molecule has 1 heterocycles. The van der Waals surface area contributed by atoms with Crippen LogP contribution < -0.4 is 10.1 Å². The first-order valence-electron chi connectivity index (χ1n) is 10.2. The molecule has 188 valence electrons. The molecule has 0 aliphatic carbocycles. The van der Waals surface area contributed by atoms with E-state index in [0.29, 0.717) is 29.2 Å². The highest BCUT2D eigenvalue weighted by Crippen LogP contribution is 2.41. The molecule has 0 radical (unpaired) electrons. The monoisotopic (exact) mass is 536 g/mol. The Morgan fingerprint density at radius 1 is 1.15 bits per heavy atom. The smallest absolute Gasteiger partial charge is 0.280 e. The molecule has 34 heavy (non-hydrogen) atoms. The SMILES string of the molecule is COc1ccc(Cl)cc1CNC1CCCN(OS(C)(=O)=O)C1(OS(C)(=O)=O)c1cccc(F)c1. The fourth-order valence-electron chi connectivity index (χ4n) is 4.02. The zero-order valence-corrected chi connectivity index (χ0v) is 21.2.